The van der Waals surface area contributed by atoms with Crippen molar-refractivity contribution in [2.24, 2.45) is 5.28 Å². The highest BCUT2D eigenvalue weighted by Crippen LogP contribution is 1.98. The number of aliphatic hydroxyl groups is 1. The summed E-state index contributed by atoms with van der Waals surface area (Å²) in [4.78, 5) is 15.5. The maximum Gasteiger partial charge on any atom is 0.511 e. The molecule has 9 heteroatoms. The van der Waals surface area contributed by atoms with Crippen LogP contribution in [0, 0.1) is 5.21 Å². The lowest BCUT2D eigenvalue weighted by atomic mass is 10.7. The molecular formula is C8H17N3O6. The van der Waals surface area contributed by atoms with Crippen molar-refractivity contribution in [2.75, 3.05) is 26.8 Å². The molecule has 0 spiro atoms. The molecule has 1 unspecified atom stereocenters. The third kappa shape index (κ3) is 7.17. The van der Waals surface area contributed by atoms with Crippen LogP contribution in [-0.2, 0) is 14.3 Å². The quantitative estimate of drug-likeness (QED) is 0.227. The number of rotatable bonds is 7. The number of hydrazine groups is 1. The molecule has 0 aromatic heterocycles. The standard InChI is InChI=1S/C8H17N3O6/c1-4-15-8(13)16-7(2)17-9-11(14)10(3)5-6-12/h7,12H,4-6H2,1-3H3/b11-9-. The number of carbonyl (C=O) groups is 1. The number of likely N-dealkylation sites (N-methyl/N-ethyl adjacent to an activating group) is 1. The summed E-state index contributed by atoms with van der Waals surface area (Å²) in [5, 5.41) is 23.9. The van der Waals surface area contributed by atoms with Gasteiger partial charge in [0.1, 0.15) is 0 Å². The fraction of sp³-hybridized carbons (Fsp3) is 0.875. The monoisotopic (exact) mass is 251 g/mol. The molecule has 100 valence electrons. The lowest BCUT2D eigenvalue weighted by Gasteiger charge is -2.12. The van der Waals surface area contributed by atoms with Crippen molar-refractivity contribution in [1.29, 1.82) is 0 Å². The van der Waals surface area contributed by atoms with E-state index in [1.165, 1.54) is 14.0 Å². The minimum atomic E-state index is -1.05. The average molecular weight is 251 g/mol. The maximum atomic E-state index is 11.1. The van der Waals surface area contributed by atoms with Gasteiger partial charge in [-0.15, -0.1) is 5.01 Å². The summed E-state index contributed by atoms with van der Waals surface area (Å²) in [6.07, 6.45) is -1.95. The minimum Gasteiger partial charge on any atom is -0.569 e. The van der Waals surface area contributed by atoms with Crippen LogP contribution in [0.15, 0.2) is 5.28 Å². The highest BCUT2D eigenvalue weighted by Gasteiger charge is 2.13. The zero-order chi connectivity index (χ0) is 13.3. The first-order valence-electron chi connectivity index (χ1n) is 5.00. The largest absolute Gasteiger partial charge is 0.569 e. The maximum absolute atomic E-state index is 11.1. The van der Waals surface area contributed by atoms with Gasteiger partial charge in [0.2, 0.25) is 5.28 Å². The fourth-order valence-corrected chi connectivity index (χ4v) is 0.708. The van der Waals surface area contributed by atoms with E-state index in [4.69, 9.17) is 5.11 Å². The molecule has 0 saturated heterocycles. The number of ether oxygens (including phenoxy) is 2. The van der Waals surface area contributed by atoms with Crippen molar-refractivity contribution in [1.82, 2.24) is 5.01 Å². The number of aliphatic hydroxyl groups excluding tert-OH is 1. The van der Waals surface area contributed by atoms with Crippen molar-refractivity contribution >= 4 is 6.16 Å². The summed E-state index contributed by atoms with van der Waals surface area (Å²) in [6.45, 7) is 3.08. The van der Waals surface area contributed by atoms with Gasteiger partial charge in [0.25, 0.3) is 6.29 Å². The summed E-state index contributed by atoms with van der Waals surface area (Å²) in [6, 6.07) is 0. The van der Waals surface area contributed by atoms with Crippen molar-refractivity contribution in [3.63, 3.8) is 0 Å². The van der Waals surface area contributed by atoms with Gasteiger partial charge in [-0.3, -0.25) is 4.84 Å². The van der Waals surface area contributed by atoms with Crippen LogP contribution < -0.4 is 0 Å². The van der Waals surface area contributed by atoms with E-state index in [0.717, 1.165) is 5.01 Å². The van der Waals surface area contributed by atoms with E-state index in [9.17, 15) is 10.0 Å². The zero-order valence-corrected chi connectivity index (χ0v) is 10.0. The molecule has 1 atom stereocenters. The highest BCUT2D eigenvalue weighted by atomic mass is 16.8. The van der Waals surface area contributed by atoms with Gasteiger partial charge in [-0.05, 0) is 6.92 Å². The highest BCUT2D eigenvalue weighted by molar-refractivity contribution is 5.59. The topological polar surface area (TPSA) is 107 Å². The predicted molar refractivity (Wildman–Crippen MR) is 54.4 cm³/mol. The number of carbonyl (C=O) groups excluding carboxylic acids is 1. The van der Waals surface area contributed by atoms with E-state index in [1.54, 1.807) is 6.92 Å². The van der Waals surface area contributed by atoms with Crippen molar-refractivity contribution in [3.8, 4) is 0 Å². The van der Waals surface area contributed by atoms with Crippen LogP contribution in [0.2, 0.25) is 0 Å². The molecule has 0 aromatic carbocycles. The molecule has 9 nitrogen and oxygen atoms in total. The summed E-state index contributed by atoms with van der Waals surface area (Å²) in [5.74, 6) is 0. The molecule has 1 N–H and O–H groups in total. The molecular weight excluding hydrogens is 234 g/mol. The van der Waals surface area contributed by atoms with Crippen LogP contribution in [0.3, 0.4) is 0 Å². The Labute approximate surface area is 98.7 Å². The second kappa shape index (κ2) is 8.39. The van der Waals surface area contributed by atoms with E-state index in [-0.39, 0.29) is 24.7 Å². The third-order valence-corrected chi connectivity index (χ3v) is 1.51. The Morgan fingerprint density at radius 1 is 1.65 bits per heavy atom. The first-order valence-corrected chi connectivity index (χ1v) is 5.00. The van der Waals surface area contributed by atoms with E-state index >= 15 is 0 Å². The molecule has 0 aromatic rings. The van der Waals surface area contributed by atoms with Gasteiger partial charge >= 0.3 is 6.16 Å². The average Bonchev–Trinajstić information content (AvgIpc) is 2.26. The molecule has 0 saturated carbocycles. The molecule has 0 amide bonds. The molecule has 0 aliphatic heterocycles. The normalized spacial score (nSPS) is 12.8. The second-order valence-electron chi connectivity index (χ2n) is 2.91. The van der Waals surface area contributed by atoms with Crippen molar-refractivity contribution < 1.29 is 29.2 Å². The van der Waals surface area contributed by atoms with Crippen molar-refractivity contribution in [2.45, 2.75) is 20.1 Å². The Kier molecular flexibility index (Phi) is 7.52. The Bertz CT molecular complexity index is 260. The van der Waals surface area contributed by atoms with E-state index in [1.807, 2.05) is 0 Å². The van der Waals surface area contributed by atoms with E-state index in [0.29, 0.717) is 0 Å². The van der Waals surface area contributed by atoms with Crippen LogP contribution in [0.4, 0.5) is 4.79 Å². The first kappa shape index (κ1) is 15.2. The SMILES string of the molecule is CCOC(=O)OC(C)O/N=[N+](\[O-])N(C)CCO. The summed E-state index contributed by atoms with van der Waals surface area (Å²) >= 11 is 0. The summed E-state index contributed by atoms with van der Waals surface area (Å²) in [5.41, 5.74) is 0. The van der Waals surface area contributed by atoms with Gasteiger partial charge in [0, 0.05) is 6.92 Å². The molecule has 0 bridgehead atoms. The zero-order valence-electron chi connectivity index (χ0n) is 10.0. The van der Waals surface area contributed by atoms with Crippen LogP contribution >= 0.6 is 0 Å². The number of hydrogen-bond acceptors (Lipinski definition) is 7. The van der Waals surface area contributed by atoms with E-state index in [2.05, 4.69) is 19.6 Å². The smallest absolute Gasteiger partial charge is 0.511 e. The van der Waals surface area contributed by atoms with Crippen LogP contribution in [0.5, 0.6) is 0 Å². The van der Waals surface area contributed by atoms with Crippen LogP contribution in [0.25, 0.3) is 0 Å². The van der Waals surface area contributed by atoms with Crippen LogP contribution in [0.1, 0.15) is 13.8 Å². The summed E-state index contributed by atoms with van der Waals surface area (Å²) in [7, 11) is 1.41. The molecule has 0 fully saturated rings. The minimum absolute atomic E-state index is 0.101. The molecule has 0 radical (unpaired) electrons. The number of hydrogen-bond donors (Lipinski definition) is 1. The Balaban J connectivity index is 3.99. The van der Waals surface area contributed by atoms with Crippen molar-refractivity contribution in [3.05, 3.63) is 5.21 Å². The third-order valence-electron chi connectivity index (χ3n) is 1.51. The number of nitrogens with zero attached hydrogens (tertiary/aromatic N) is 3. The van der Waals surface area contributed by atoms with Gasteiger partial charge in [-0.2, -0.15) is 0 Å². The van der Waals surface area contributed by atoms with Gasteiger partial charge in [-0.1, -0.05) is 0 Å². The lowest BCUT2D eigenvalue weighted by Crippen LogP contribution is -2.30. The second-order valence-corrected chi connectivity index (χ2v) is 2.91. The van der Waals surface area contributed by atoms with Gasteiger partial charge in [0.05, 0.1) is 31.8 Å². The van der Waals surface area contributed by atoms with Crippen LogP contribution in [-0.4, -0.2) is 54.3 Å². The van der Waals surface area contributed by atoms with E-state index < -0.39 is 12.4 Å². The molecule has 17 heavy (non-hydrogen) atoms. The lowest BCUT2D eigenvalue weighted by molar-refractivity contribution is -0.707. The van der Waals surface area contributed by atoms with Gasteiger partial charge in [0.15, 0.2) is 0 Å². The molecule has 0 heterocycles. The fourth-order valence-electron chi connectivity index (χ4n) is 0.708. The Morgan fingerprint density at radius 2 is 2.29 bits per heavy atom. The molecule has 0 aliphatic carbocycles. The molecule has 0 rings (SSSR count). The molecule has 0 aliphatic rings. The summed E-state index contributed by atoms with van der Waals surface area (Å²) < 4.78 is 9.06. The Morgan fingerprint density at radius 3 is 2.82 bits per heavy atom. The predicted octanol–water partition coefficient (Wildman–Crippen LogP) is 0.239. The van der Waals surface area contributed by atoms with Gasteiger partial charge in [-0.25, -0.2) is 4.79 Å². The first-order chi connectivity index (χ1) is 8.01. The Hall–Kier alpha value is -1.77. The van der Waals surface area contributed by atoms with Gasteiger partial charge < -0.3 is 19.8 Å².